The molecule has 0 amide bonds. The highest BCUT2D eigenvalue weighted by Gasteiger charge is 2.09. The number of hydrogen-bond acceptors (Lipinski definition) is 3. The van der Waals surface area contributed by atoms with Gasteiger partial charge < -0.3 is 0 Å². The van der Waals surface area contributed by atoms with Crippen LogP contribution in [0.1, 0.15) is 22.8 Å². The van der Waals surface area contributed by atoms with Gasteiger partial charge >= 0.3 is 0 Å². The molecule has 0 aliphatic heterocycles. The van der Waals surface area contributed by atoms with Crippen LogP contribution in [0.3, 0.4) is 0 Å². The molecule has 0 bridgehead atoms. The Hall–Kier alpha value is -1.76. The van der Waals surface area contributed by atoms with Gasteiger partial charge in [-0.05, 0) is 31.2 Å². The number of Topliss-reactive ketones (excluding diaryl/α,β-unsaturated/α-hetero) is 1. The van der Waals surface area contributed by atoms with E-state index in [1.807, 2.05) is 30.3 Å². The minimum absolute atomic E-state index is 0.0255. The number of hydrogen-bond donors (Lipinski definition) is 0. The second-order valence-corrected chi connectivity index (χ2v) is 5.43. The summed E-state index contributed by atoms with van der Waals surface area (Å²) in [5, 5.41) is 9.39. The number of halogens is 1. The lowest BCUT2D eigenvalue weighted by atomic mass is 10.1. The van der Waals surface area contributed by atoms with Crippen LogP contribution in [0.4, 0.5) is 0 Å². The van der Waals surface area contributed by atoms with E-state index in [-0.39, 0.29) is 5.78 Å². The largest absolute Gasteiger partial charge is 0.294 e. The van der Waals surface area contributed by atoms with E-state index in [1.165, 1.54) is 11.8 Å². The van der Waals surface area contributed by atoms with Crippen molar-refractivity contribution in [3.05, 3.63) is 58.6 Å². The standard InChI is InChI=1S/C15H10ClNOS/c1-10(18)13-4-2-3-5-15(13)19-12-6-7-14(16)11(8-12)9-17/h2-8H,1H3. The smallest absolute Gasteiger partial charge is 0.160 e. The summed E-state index contributed by atoms with van der Waals surface area (Å²) in [5.74, 6) is 0.0255. The highest BCUT2D eigenvalue weighted by Crippen LogP contribution is 2.32. The van der Waals surface area contributed by atoms with Gasteiger partial charge in [-0.1, -0.05) is 41.6 Å². The van der Waals surface area contributed by atoms with E-state index >= 15 is 0 Å². The number of nitrogens with zero attached hydrogens (tertiary/aromatic N) is 1. The molecule has 0 radical (unpaired) electrons. The van der Waals surface area contributed by atoms with Crippen molar-refractivity contribution in [2.45, 2.75) is 16.7 Å². The van der Waals surface area contributed by atoms with Crippen LogP contribution in [0, 0.1) is 11.3 Å². The number of carbonyl (C=O) groups is 1. The molecule has 2 nitrogen and oxygen atoms in total. The quantitative estimate of drug-likeness (QED) is 0.777. The summed E-state index contributed by atoms with van der Waals surface area (Å²) >= 11 is 7.35. The first-order chi connectivity index (χ1) is 9.11. The van der Waals surface area contributed by atoms with E-state index in [0.717, 1.165) is 9.79 Å². The molecule has 4 heteroatoms. The molecule has 0 spiro atoms. The topological polar surface area (TPSA) is 40.9 Å². The van der Waals surface area contributed by atoms with Gasteiger partial charge in [0, 0.05) is 15.4 Å². The fourth-order valence-electron chi connectivity index (χ4n) is 1.63. The van der Waals surface area contributed by atoms with Crippen LogP contribution in [0.2, 0.25) is 5.02 Å². The van der Waals surface area contributed by atoms with Crippen LogP contribution < -0.4 is 0 Å². The SMILES string of the molecule is CC(=O)c1ccccc1Sc1ccc(Cl)c(C#N)c1. The summed E-state index contributed by atoms with van der Waals surface area (Å²) in [6.45, 7) is 1.54. The lowest BCUT2D eigenvalue weighted by molar-refractivity contribution is 0.101. The van der Waals surface area contributed by atoms with Crippen LogP contribution in [0.15, 0.2) is 52.3 Å². The molecule has 0 N–H and O–H groups in total. The molecule has 0 aliphatic rings. The second kappa shape index (κ2) is 5.92. The van der Waals surface area contributed by atoms with Gasteiger partial charge in [-0.25, -0.2) is 0 Å². The van der Waals surface area contributed by atoms with Gasteiger partial charge in [0.15, 0.2) is 5.78 Å². The molecule has 0 heterocycles. The van der Waals surface area contributed by atoms with Crippen LogP contribution in [0.25, 0.3) is 0 Å². The normalized spacial score (nSPS) is 9.95. The van der Waals surface area contributed by atoms with Crippen molar-refractivity contribution in [1.82, 2.24) is 0 Å². The van der Waals surface area contributed by atoms with Gasteiger partial charge in [0.05, 0.1) is 10.6 Å². The number of nitriles is 1. The summed E-state index contributed by atoms with van der Waals surface area (Å²) in [5.41, 5.74) is 1.12. The van der Waals surface area contributed by atoms with Crippen molar-refractivity contribution >= 4 is 29.1 Å². The second-order valence-electron chi connectivity index (χ2n) is 3.91. The van der Waals surface area contributed by atoms with Crippen molar-refractivity contribution in [2.24, 2.45) is 0 Å². The van der Waals surface area contributed by atoms with Crippen molar-refractivity contribution in [3.63, 3.8) is 0 Å². The zero-order valence-corrected chi connectivity index (χ0v) is 11.8. The predicted molar refractivity (Wildman–Crippen MR) is 76.7 cm³/mol. The molecule has 0 fully saturated rings. The average Bonchev–Trinajstić information content (AvgIpc) is 2.41. The lowest BCUT2D eigenvalue weighted by Crippen LogP contribution is -1.94. The van der Waals surface area contributed by atoms with E-state index in [2.05, 4.69) is 0 Å². The Bertz CT molecular complexity index is 676. The average molecular weight is 288 g/mol. The van der Waals surface area contributed by atoms with Crippen LogP contribution >= 0.6 is 23.4 Å². The zero-order valence-electron chi connectivity index (χ0n) is 10.2. The Morgan fingerprint density at radius 2 is 2.00 bits per heavy atom. The maximum absolute atomic E-state index is 11.5. The number of benzene rings is 2. The Kier molecular flexibility index (Phi) is 4.26. The molecule has 2 aromatic rings. The highest BCUT2D eigenvalue weighted by molar-refractivity contribution is 7.99. The third kappa shape index (κ3) is 3.17. The van der Waals surface area contributed by atoms with E-state index < -0.39 is 0 Å². The number of rotatable bonds is 3. The summed E-state index contributed by atoms with van der Waals surface area (Å²) in [4.78, 5) is 13.3. The van der Waals surface area contributed by atoms with Crippen molar-refractivity contribution in [2.75, 3.05) is 0 Å². The Labute approximate surface area is 121 Å². The highest BCUT2D eigenvalue weighted by atomic mass is 35.5. The fraction of sp³-hybridized carbons (Fsp3) is 0.0667. The molecule has 2 aromatic carbocycles. The first-order valence-corrected chi connectivity index (χ1v) is 6.78. The van der Waals surface area contributed by atoms with Crippen LogP contribution in [0.5, 0.6) is 0 Å². The van der Waals surface area contributed by atoms with Gasteiger partial charge in [-0.3, -0.25) is 4.79 Å². The number of ketones is 1. The summed E-state index contributed by atoms with van der Waals surface area (Å²) in [6, 6.07) is 14.7. The molecule has 94 valence electrons. The maximum atomic E-state index is 11.5. The Morgan fingerprint density at radius 1 is 1.26 bits per heavy atom. The Balaban J connectivity index is 2.37. The molecule has 0 aliphatic carbocycles. The van der Waals surface area contributed by atoms with Crippen molar-refractivity contribution < 1.29 is 4.79 Å². The molecule has 19 heavy (non-hydrogen) atoms. The third-order valence-corrected chi connectivity index (χ3v) is 3.95. The molecule has 2 rings (SSSR count). The van der Waals surface area contributed by atoms with Crippen LogP contribution in [-0.4, -0.2) is 5.78 Å². The minimum Gasteiger partial charge on any atom is -0.294 e. The maximum Gasteiger partial charge on any atom is 0.160 e. The molecular weight excluding hydrogens is 278 g/mol. The van der Waals surface area contributed by atoms with Gasteiger partial charge in [0.1, 0.15) is 6.07 Å². The van der Waals surface area contributed by atoms with Gasteiger partial charge in [0.2, 0.25) is 0 Å². The predicted octanol–water partition coefficient (Wildman–Crippen LogP) is 4.57. The third-order valence-electron chi connectivity index (χ3n) is 2.55. The molecule has 0 atom stereocenters. The lowest BCUT2D eigenvalue weighted by Gasteiger charge is -2.07. The summed E-state index contributed by atoms with van der Waals surface area (Å²) < 4.78 is 0. The summed E-state index contributed by atoms with van der Waals surface area (Å²) in [7, 11) is 0. The van der Waals surface area contributed by atoms with Gasteiger partial charge in [0.25, 0.3) is 0 Å². The number of carbonyl (C=O) groups excluding carboxylic acids is 1. The van der Waals surface area contributed by atoms with E-state index in [4.69, 9.17) is 16.9 Å². The molecule has 0 aromatic heterocycles. The van der Waals surface area contributed by atoms with Crippen molar-refractivity contribution in [1.29, 1.82) is 5.26 Å². The van der Waals surface area contributed by atoms with Gasteiger partial charge in [-0.2, -0.15) is 5.26 Å². The monoisotopic (exact) mass is 287 g/mol. The molecule has 0 saturated heterocycles. The Morgan fingerprint density at radius 3 is 2.68 bits per heavy atom. The van der Waals surface area contributed by atoms with Gasteiger partial charge in [-0.15, -0.1) is 0 Å². The molecule has 0 saturated carbocycles. The van der Waals surface area contributed by atoms with Crippen molar-refractivity contribution in [3.8, 4) is 6.07 Å². The molecule has 0 unspecified atom stereocenters. The zero-order chi connectivity index (χ0) is 13.8. The van der Waals surface area contributed by atoms with E-state index in [9.17, 15) is 4.79 Å². The van der Waals surface area contributed by atoms with E-state index in [0.29, 0.717) is 16.1 Å². The first-order valence-electron chi connectivity index (χ1n) is 5.59. The fourth-order valence-corrected chi connectivity index (χ4v) is 2.82. The minimum atomic E-state index is 0.0255. The summed E-state index contributed by atoms with van der Waals surface area (Å²) in [6.07, 6.45) is 0. The van der Waals surface area contributed by atoms with Crippen LogP contribution in [-0.2, 0) is 0 Å². The van der Waals surface area contributed by atoms with E-state index in [1.54, 1.807) is 25.1 Å². The molecular formula is C15H10ClNOS. The first kappa shape index (κ1) is 13.7.